The first-order valence-corrected chi connectivity index (χ1v) is 13.1. The second kappa shape index (κ2) is 12.9. The fourth-order valence-electron chi connectivity index (χ4n) is 4.84. The second-order valence-corrected chi connectivity index (χ2v) is 10.1. The molecule has 6 heteroatoms. The number of nitrogens with two attached hydrogens (primary N) is 1. The number of fused-ring (bicyclic) bond motifs is 1. The van der Waals surface area contributed by atoms with Gasteiger partial charge in [0.05, 0.1) is 6.04 Å². The lowest BCUT2D eigenvalue weighted by atomic mass is 10.0. The topological polar surface area (TPSA) is 75.0 Å². The zero-order valence-corrected chi connectivity index (χ0v) is 21.2. The molecule has 0 aliphatic carbocycles. The number of rotatable bonds is 15. The van der Waals surface area contributed by atoms with Gasteiger partial charge in [0.1, 0.15) is 18.3 Å². The van der Waals surface area contributed by atoms with E-state index in [0.29, 0.717) is 6.61 Å². The number of hydrogen-bond acceptors (Lipinski definition) is 6. The van der Waals surface area contributed by atoms with E-state index in [1.54, 1.807) is 0 Å². The average molecular weight is 463 g/mol. The summed E-state index contributed by atoms with van der Waals surface area (Å²) >= 11 is 0. The van der Waals surface area contributed by atoms with Crippen molar-refractivity contribution in [2.45, 2.75) is 128 Å². The Labute approximate surface area is 200 Å². The van der Waals surface area contributed by atoms with Gasteiger partial charge < -0.3 is 30.0 Å². The van der Waals surface area contributed by atoms with Gasteiger partial charge in [0.2, 0.25) is 0 Å². The normalized spacial score (nSPS) is 26.9. The molecule has 3 rings (SSSR count). The van der Waals surface area contributed by atoms with Crippen molar-refractivity contribution in [3.8, 4) is 0 Å². The van der Waals surface area contributed by atoms with Gasteiger partial charge in [0.15, 0.2) is 12.1 Å². The molecule has 0 saturated carbocycles. The Kier molecular flexibility index (Phi) is 10.3. The maximum absolute atomic E-state index is 6.31. The highest BCUT2D eigenvalue weighted by Crippen LogP contribution is 2.40. The summed E-state index contributed by atoms with van der Waals surface area (Å²) in [6, 6.07) is 7.78. The zero-order chi connectivity index (χ0) is 23.7. The van der Waals surface area contributed by atoms with Crippen molar-refractivity contribution in [2.75, 3.05) is 17.7 Å². The van der Waals surface area contributed by atoms with E-state index in [9.17, 15) is 0 Å². The predicted molar refractivity (Wildman–Crippen MR) is 134 cm³/mol. The first-order chi connectivity index (χ1) is 15.9. The van der Waals surface area contributed by atoms with E-state index in [1.165, 1.54) is 57.8 Å². The zero-order valence-electron chi connectivity index (χ0n) is 21.2. The summed E-state index contributed by atoms with van der Waals surface area (Å²) in [5.41, 5.74) is 7.56. The van der Waals surface area contributed by atoms with Crippen LogP contribution in [0.3, 0.4) is 0 Å². The predicted octanol–water partition coefficient (Wildman–Crippen LogP) is 6.25. The molecule has 33 heavy (non-hydrogen) atoms. The van der Waals surface area contributed by atoms with Gasteiger partial charge in [-0.1, -0.05) is 64.7 Å². The number of anilines is 2. The summed E-state index contributed by atoms with van der Waals surface area (Å²) in [5.74, 6) is -0.628. The van der Waals surface area contributed by atoms with Crippen LogP contribution in [0.5, 0.6) is 0 Å². The third kappa shape index (κ3) is 8.13. The standard InChI is InChI=1S/C27H46N2O4/c1-5-6-7-8-9-10-11-12-13-14-19-30-26-25-24(32-27(3,4)33-25)23(31-26)20(2)29-22-17-15-21(28)16-18-22/h15-18,20,23-26,29H,5-14,19,28H2,1-4H3/t20?,23-,24-,25-,26-/m1/s1. The Hall–Kier alpha value is -1.34. The first-order valence-electron chi connectivity index (χ1n) is 13.1. The van der Waals surface area contributed by atoms with E-state index >= 15 is 0 Å². The molecule has 1 aromatic rings. The highest BCUT2D eigenvalue weighted by Gasteiger charge is 2.57. The molecule has 1 unspecified atom stereocenters. The maximum Gasteiger partial charge on any atom is 0.187 e. The molecule has 0 aromatic heterocycles. The number of unbranched alkanes of at least 4 members (excludes halogenated alkanes) is 9. The van der Waals surface area contributed by atoms with E-state index in [-0.39, 0.29) is 24.4 Å². The number of hydrogen-bond donors (Lipinski definition) is 2. The minimum Gasteiger partial charge on any atom is -0.399 e. The molecule has 5 atom stereocenters. The van der Waals surface area contributed by atoms with E-state index < -0.39 is 12.1 Å². The largest absolute Gasteiger partial charge is 0.399 e. The lowest BCUT2D eigenvalue weighted by Gasteiger charge is -2.28. The van der Waals surface area contributed by atoms with Crippen LogP contribution in [-0.4, -0.2) is 43.0 Å². The highest BCUT2D eigenvalue weighted by molar-refractivity contribution is 5.51. The van der Waals surface area contributed by atoms with Crippen LogP contribution in [0.4, 0.5) is 11.4 Å². The fourth-order valence-corrected chi connectivity index (χ4v) is 4.84. The smallest absolute Gasteiger partial charge is 0.187 e. The van der Waals surface area contributed by atoms with Crippen LogP contribution in [0, 0.1) is 0 Å². The molecule has 0 bridgehead atoms. The third-order valence-electron chi connectivity index (χ3n) is 6.62. The molecule has 0 radical (unpaired) electrons. The van der Waals surface area contributed by atoms with Crippen LogP contribution in [0.15, 0.2) is 24.3 Å². The summed E-state index contributed by atoms with van der Waals surface area (Å²) in [4.78, 5) is 0. The molecular formula is C27H46N2O4. The van der Waals surface area contributed by atoms with Gasteiger partial charge >= 0.3 is 0 Å². The number of benzene rings is 1. The molecular weight excluding hydrogens is 416 g/mol. The summed E-state index contributed by atoms with van der Waals surface area (Å²) in [5, 5.41) is 3.51. The number of ether oxygens (including phenoxy) is 4. The van der Waals surface area contributed by atoms with Gasteiger partial charge in [-0.05, 0) is 51.5 Å². The molecule has 3 N–H and O–H groups in total. The summed E-state index contributed by atoms with van der Waals surface area (Å²) in [7, 11) is 0. The Bertz CT molecular complexity index is 681. The average Bonchev–Trinajstić information content (AvgIpc) is 3.26. The Balaban J connectivity index is 1.39. The molecule has 1 aromatic carbocycles. The van der Waals surface area contributed by atoms with Crippen molar-refractivity contribution < 1.29 is 18.9 Å². The van der Waals surface area contributed by atoms with Crippen molar-refractivity contribution in [1.29, 1.82) is 0 Å². The van der Waals surface area contributed by atoms with E-state index in [4.69, 9.17) is 24.7 Å². The Morgan fingerprint density at radius 2 is 1.48 bits per heavy atom. The molecule has 2 aliphatic heterocycles. The fraction of sp³-hybridized carbons (Fsp3) is 0.778. The van der Waals surface area contributed by atoms with Gasteiger partial charge in [-0.25, -0.2) is 0 Å². The molecule has 188 valence electrons. The van der Waals surface area contributed by atoms with Crippen molar-refractivity contribution in [1.82, 2.24) is 0 Å². The molecule has 2 saturated heterocycles. The van der Waals surface area contributed by atoms with Crippen LogP contribution in [-0.2, 0) is 18.9 Å². The van der Waals surface area contributed by atoms with Gasteiger partial charge in [-0.3, -0.25) is 0 Å². The third-order valence-corrected chi connectivity index (χ3v) is 6.62. The first kappa shape index (κ1) is 26.3. The van der Waals surface area contributed by atoms with Crippen LogP contribution in [0.25, 0.3) is 0 Å². The Morgan fingerprint density at radius 1 is 0.909 bits per heavy atom. The maximum atomic E-state index is 6.31. The van der Waals surface area contributed by atoms with Crippen LogP contribution in [0.2, 0.25) is 0 Å². The quantitative estimate of drug-likeness (QED) is 0.237. The van der Waals surface area contributed by atoms with Gasteiger partial charge in [-0.2, -0.15) is 0 Å². The van der Waals surface area contributed by atoms with Crippen LogP contribution in [0.1, 0.15) is 91.9 Å². The minimum atomic E-state index is -0.628. The van der Waals surface area contributed by atoms with Gasteiger partial charge in [-0.15, -0.1) is 0 Å². The molecule has 6 nitrogen and oxygen atoms in total. The summed E-state index contributed by atoms with van der Waals surface area (Å²) < 4.78 is 24.8. The molecule has 2 aliphatic rings. The molecule has 2 heterocycles. The Morgan fingerprint density at radius 3 is 2.12 bits per heavy atom. The van der Waals surface area contributed by atoms with E-state index in [0.717, 1.165) is 17.8 Å². The monoisotopic (exact) mass is 462 g/mol. The summed E-state index contributed by atoms with van der Waals surface area (Å²) in [6.45, 7) is 8.99. The summed E-state index contributed by atoms with van der Waals surface area (Å²) in [6.07, 6.45) is 12.2. The van der Waals surface area contributed by atoms with Crippen LogP contribution < -0.4 is 11.1 Å². The lowest BCUT2D eigenvalue weighted by Crippen LogP contribution is -2.41. The number of nitrogens with one attached hydrogen (secondary N) is 1. The number of nitrogen functional groups attached to an aromatic ring is 1. The molecule has 0 amide bonds. The van der Waals surface area contributed by atoms with Crippen molar-refractivity contribution in [3.63, 3.8) is 0 Å². The van der Waals surface area contributed by atoms with Crippen molar-refractivity contribution >= 4 is 11.4 Å². The van der Waals surface area contributed by atoms with E-state index in [2.05, 4.69) is 19.2 Å². The lowest BCUT2D eigenvalue weighted by molar-refractivity contribution is -0.234. The van der Waals surface area contributed by atoms with Gasteiger partial charge in [0.25, 0.3) is 0 Å². The van der Waals surface area contributed by atoms with Crippen molar-refractivity contribution in [2.24, 2.45) is 0 Å². The van der Waals surface area contributed by atoms with Crippen molar-refractivity contribution in [3.05, 3.63) is 24.3 Å². The second-order valence-electron chi connectivity index (χ2n) is 10.1. The van der Waals surface area contributed by atoms with Crippen LogP contribution >= 0.6 is 0 Å². The van der Waals surface area contributed by atoms with E-state index in [1.807, 2.05) is 38.1 Å². The molecule has 0 spiro atoms. The highest BCUT2D eigenvalue weighted by atomic mass is 16.8. The SMILES string of the molecule is CCCCCCCCCCCCO[C@@H]1O[C@H](C(C)Nc2ccc(N)cc2)[C@H]2OC(C)(C)O[C@@H]12. The molecule has 2 fully saturated rings. The van der Waals surface area contributed by atoms with Gasteiger partial charge in [0, 0.05) is 18.0 Å². The minimum absolute atomic E-state index is 0.0320.